The van der Waals surface area contributed by atoms with Crippen molar-refractivity contribution in [3.8, 4) is 11.5 Å². The smallest absolute Gasteiger partial charge is 0.231 e. The van der Waals surface area contributed by atoms with E-state index in [0.29, 0.717) is 10.8 Å². The fourth-order valence-electron chi connectivity index (χ4n) is 1.78. The normalized spacial score (nSPS) is 12.9. The van der Waals surface area contributed by atoms with Gasteiger partial charge in [0, 0.05) is 24.2 Å². The molecule has 0 amide bonds. The van der Waals surface area contributed by atoms with Gasteiger partial charge in [-0.05, 0) is 17.7 Å². The van der Waals surface area contributed by atoms with Gasteiger partial charge in [0.25, 0.3) is 0 Å². The summed E-state index contributed by atoms with van der Waals surface area (Å²) >= 11 is 7.75. The van der Waals surface area contributed by atoms with Crippen LogP contribution in [0.1, 0.15) is 10.4 Å². The van der Waals surface area contributed by atoms with E-state index < -0.39 is 0 Å². The number of aromatic nitrogens is 1. The lowest BCUT2D eigenvalue weighted by molar-refractivity contribution is 0.174. The molecule has 1 aromatic heterocycles. The summed E-state index contributed by atoms with van der Waals surface area (Å²) < 4.78 is 10.6. The van der Waals surface area contributed by atoms with Crippen molar-refractivity contribution in [3.05, 3.63) is 39.3 Å². The Bertz CT molecular complexity index is 545. The summed E-state index contributed by atoms with van der Waals surface area (Å²) in [7, 11) is 0. The van der Waals surface area contributed by atoms with Crippen molar-refractivity contribution in [1.29, 1.82) is 0 Å². The number of fused-ring (bicyclic) bond motifs is 1. The zero-order valence-electron chi connectivity index (χ0n) is 9.48. The number of thiazole rings is 1. The Kier molecular flexibility index (Phi) is 3.36. The second-order valence-corrected chi connectivity index (χ2v) is 5.26. The summed E-state index contributed by atoms with van der Waals surface area (Å²) in [5, 5.41) is 3.93. The van der Waals surface area contributed by atoms with Gasteiger partial charge in [0.15, 0.2) is 11.5 Å². The first-order valence-electron chi connectivity index (χ1n) is 5.49. The topological polar surface area (TPSA) is 43.4 Å². The quantitative estimate of drug-likeness (QED) is 0.936. The molecular formula is C12H11ClN2O2S. The molecule has 94 valence electrons. The van der Waals surface area contributed by atoms with Crippen LogP contribution in [-0.4, -0.2) is 11.8 Å². The molecule has 0 unspecified atom stereocenters. The Hall–Kier alpha value is -1.30. The van der Waals surface area contributed by atoms with Gasteiger partial charge in [-0.2, -0.15) is 0 Å². The van der Waals surface area contributed by atoms with Crippen LogP contribution in [0.25, 0.3) is 0 Å². The molecule has 0 atom stereocenters. The number of benzene rings is 1. The molecule has 0 aliphatic carbocycles. The van der Waals surface area contributed by atoms with Gasteiger partial charge in [-0.1, -0.05) is 11.6 Å². The standard InChI is InChI=1S/C12H11ClN2O2S/c13-10-1-8(2-11-12(10)17-7-16-11)3-14-4-9-5-15-6-18-9/h1-2,5-6,14H,3-4,7H2. The van der Waals surface area contributed by atoms with Crippen molar-refractivity contribution in [2.75, 3.05) is 6.79 Å². The number of hydrogen-bond acceptors (Lipinski definition) is 5. The van der Waals surface area contributed by atoms with E-state index in [1.54, 1.807) is 11.3 Å². The van der Waals surface area contributed by atoms with Crippen LogP contribution < -0.4 is 14.8 Å². The van der Waals surface area contributed by atoms with Crippen LogP contribution in [0.15, 0.2) is 23.8 Å². The molecule has 1 N–H and O–H groups in total. The van der Waals surface area contributed by atoms with Gasteiger partial charge in [0.05, 0.1) is 10.5 Å². The maximum Gasteiger partial charge on any atom is 0.231 e. The summed E-state index contributed by atoms with van der Waals surface area (Å²) in [6.45, 7) is 1.78. The van der Waals surface area contributed by atoms with E-state index in [4.69, 9.17) is 21.1 Å². The fourth-order valence-corrected chi connectivity index (χ4v) is 2.63. The van der Waals surface area contributed by atoms with E-state index in [0.717, 1.165) is 24.4 Å². The third-order valence-electron chi connectivity index (χ3n) is 2.60. The average Bonchev–Trinajstić information content (AvgIpc) is 2.99. The molecule has 1 aliphatic heterocycles. The number of nitrogens with zero attached hydrogens (tertiary/aromatic N) is 1. The average molecular weight is 283 g/mol. The first-order valence-corrected chi connectivity index (χ1v) is 6.75. The number of hydrogen-bond donors (Lipinski definition) is 1. The van der Waals surface area contributed by atoms with E-state index >= 15 is 0 Å². The summed E-state index contributed by atoms with van der Waals surface area (Å²) in [6.07, 6.45) is 1.87. The molecule has 0 saturated carbocycles. The van der Waals surface area contributed by atoms with Crippen LogP contribution >= 0.6 is 22.9 Å². The molecule has 3 rings (SSSR count). The molecule has 0 bridgehead atoms. The minimum atomic E-state index is 0.243. The zero-order chi connectivity index (χ0) is 12.4. The first kappa shape index (κ1) is 11.8. The number of rotatable bonds is 4. The fraction of sp³-hybridized carbons (Fsp3) is 0.250. The van der Waals surface area contributed by atoms with Crippen LogP contribution in [0.5, 0.6) is 11.5 Å². The predicted molar refractivity (Wildman–Crippen MR) is 70.2 cm³/mol. The molecule has 4 nitrogen and oxygen atoms in total. The van der Waals surface area contributed by atoms with Crippen molar-refractivity contribution in [2.24, 2.45) is 0 Å². The molecule has 6 heteroatoms. The highest BCUT2D eigenvalue weighted by Gasteiger charge is 2.17. The van der Waals surface area contributed by atoms with Gasteiger partial charge in [-0.25, -0.2) is 0 Å². The lowest BCUT2D eigenvalue weighted by Gasteiger charge is -2.06. The van der Waals surface area contributed by atoms with Gasteiger partial charge in [0.2, 0.25) is 6.79 Å². The monoisotopic (exact) mass is 282 g/mol. The summed E-state index contributed by atoms with van der Waals surface area (Å²) in [4.78, 5) is 5.24. The second kappa shape index (κ2) is 5.14. The number of ether oxygens (including phenoxy) is 2. The molecule has 2 heterocycles. The van der Waals surface area contributed by atoms with Crippen LogP contribution in [0.2, 0.25) is 5.02 Å². The van der Waals surface area contributed by atoms with Crippen molar-refractivity contribution >= 4 is 22.9 Å². The minimum absolute atomic E-state index is 0.243. The second-order valence-electron chi connectivity index (χ2n) is 3.88. The largest absolute Gasteiger partial charge is 0.454 e. The molecule has 1 aromatic carbocycles. The highest BCUT2D eigenvalue weighted by Crippen LogP contribution is 2.39. The van der Waals surface area contributed by atoms with Crippen LogP contribution in [0.4, 0.5) is 0 Å². The van der Waals surface area contributed by atoms with Crippen molar-refractivity contribution in [2.45, 2.75) is 13.1 Å². The van der Waals surface area contributed by atoms with Gasteiger partial charge in [-0.15, -0.1) is 11.3 Å². The molecule has 0 radical (unpaired) electrons. The zero-order valence-corrected chi connectivity index (χ0v) is 11.1. The summed E-state index contributed by atoms with van der Waals surface area (Å²) in [5.74, 6) is 1.36. The molecular weight excluding hydrogens is 272 g/mol. The minimum Gasteiger partial charge on any atom is -0.454 e. The van der Waals surface area contributed by atoms with Crippen molar-refractivity contribution in [1.82, 2.24) is 10.3 Å². The van der Waals surface area contributed by atoms with Gasteiger partial charge >= 0.3 is 0 Å². The Balaban J connectivity index is 1.65. The van der Waals surface area contributed by atoms with E-state index in [-0.39, 0.29) is 6.79 Å². The van der Waals surface area contributed by atoms with E-state index in [9.17, 15) is 0 Å². The number of halogens is 1. The van der Waals surface area contributed by atoms with E-state index in [1.807, 2.05) is 23.8 Å². The Morgan fingerprint density at radius 2 is 2.28 bits per heavy atom. The Morgan fingerprint density at radius 3 is 3.11 bits per heavy atom. The number of nitrogens with one attached hydrogen (secondary N) is 1. The highest BCUT2D eigenvalue weighted by molar-refractivity contribution is 7.09. The third-order valence-corrected chi connectivity index (χ3v) is 3.66. The molecule has 0 saturated heterocycles. The third kappa shape index (κ3) is 2.43. The lowest BCUT2D eigenvalue weighted by Crippen LogP contribution is -2.11. The van der Waals surface area contributed by atoms with Crippen LogP contribution in [-0.2, 0) is 13.1 Å². The Morgan fingerprint density at radius 1 is 1.33 bits per heavy atom. The van der Waals surface area contributed by atoms with Gasteiger partial charge < -0.3 is 14.8 Å². The predicted octanol–water partition coefficient (Wildman–Crippen LogP) is 2.82. The van der Waals surface area contributed by atoms with Crippen LogP contribution in [0.3, 0.4) is 0 Å². The Labute approximate surface area is 114 Å². The molecule has 0 fully saturated rings. The molecule has 18 heavy (non-hydrogen) atoms. The van der Waals surface area contributed by atoms with Crippen LogP contribution in [0, 0.1) is 0 Å². The van der Waals surface area contributed by atoms with E-state index in [2.05, 4.69) is 10.3 Å². The summed E-state index contributed by atoms with van der Waals surface area (Å²) in [6, 6.07) is 3.85. The maximum absolute atomic E-state index is 6.11. The van der Waals surface area contributed by atoms with Crippen molar-refractivity contribution in [3.63, 3.8) is 0 Å². The molecule has 2 aromatic rings. The molecule has 1 aliphatic rings. The molecule has 0 spiro atoms. The maximum atomic E-state index is 6.11. The lowest BCUT2D eigenvalue weighted by atomic mass is 10.2. The first-order chi connectivity index (χ1) is 8.83. The highest BCUT2D eigenvalue weighted by atomic mass is 35.5. The van der Waals surface area contributed by atoms with Gasteiger partial charge in [0.1, 0.15) is 0 Å². The van der Waals surface area contributed by atoms with Crippen molar-refractivity contribution < 1.29 is 9.47 Å². The SMILES string of the molecule is Clc1cc(CNCc2cncs2)cc2c1OCO2. The summed E-state index contributed by atoms with van der Waals surface area (Å²) in [5.41, 5.74) is 2.91. The van der Waals surface area contributed by atoms with Gasteiger partial charge in [-0.3, -0.25) is 4.98 Å². The van der Waals surface area contributed by atoms with E-state index in [1.165, 1.54) is 4.88 Å².